The number of amides is 1. The first-order valence-electron chi connectivity index (χ1n) is 6.30. The van der Waals surface area contributed by atoms with E-state index in [9.17, 15) is 14.9 Å². The summed E-state index contributed by atoms with van der Waals surface area (Å²) in [7, 11) is 0. The number of nitro groups is 1. The van der Waals surface area contributed by atoms with Crippen molar-refractivity contribution >= 4 is 34.3 Å². The lowest BCUT2D eigenvalue weighted by atomic mass is 10.2. The number of thiophene rings is 1. The number of rotatable bonds is 5. The average molecular weight is 305 g/mol. The van der Waals surface area contributed by atoms with Crippen molar-refractivity contribution < 1.29 is 9.72 Å². The second-order valence-corrected chi connectivity index (χ2v) is 5.55. The molecule has 0 saturated heterocycles. The van der Waals surface area contributed by atoms with Crippen LogP contribution in [0, 0.1) is 17.0 Å². The normalized spacial score (nSPS) is 10.2. The van der Waals surface area contributed by atoms with E-state index in [-0.39, 0.29) is 11.6 Å². The molecular formula is C14H15N3O3S. The number of aryl methyl sites for hydroxylation is 1. The maximum Gasteiger partial charge on any atom is 0.269 e. The summed E-state index contributed by atoms with van der Waals surface area (Å²) in [6.45, 7) is 3.83. The van der Waals surface area contributed by atoms with Crippen LogP contribution >= 0.6 is 11.3 Å². The Morgan fingerprint density at radius 1 is 1.33 bits per heavy atom. The van der Waals surface area contributed by atoms with Crippen LogP contribution < -0.4 is 10.6 Å². The summed E-state index contributed by atoms with van der Waals surface area (Å²) >= 11 is 1.54. The van der Waals surface area contributed by atoms with Gasteiger partial charge in [0.15, 0.2) is 0 Å². The summed E-state index contributed by atoms with van der Waals surface area (Å²) in [5.41, 5.74) is 2.51. The lowest BCUT2D eigenvalue weighted by Crippen LogP contribution is -2.08. The highest BCUT2D eigenvalue weighted by Crippen LogP contribution is 2.26. The average Bonchev–Trinajstić information content (AvgIpc) is 2.83. The van der Waals surface area contributed by atoms with Crippen molar-refractivity contribution in [3.63, 3.8) is 0 Å². The summed E-state index contributed by atoms with van der Waals surface area (Å²) in [4.78, 5) is 22.4. The number of anilines is 2. The highest BCUT2D eigenvalue weighted by Gasteiger charge is 2.09. The molecule has 0 aliphatic rings. The molecule has 2 aromatic rings. The maximum absolute atomic E-state index is 11.1. The van der Waals surface area contributed by atoms with E-state index in [0.29, 0.717) is 6.54 Å². The molecule has 0 aliphatic carbocycles. The molecule has 0 fully saturated rings. The van der Waals surface area contributed by atoms with Gasteiger partial charge in [-0.15, -0.1) is 11.3 Å². The minimum Gasteiger partial charge on any atom is -0.380 e. The zero-order valence-electron chi connectivity index (χ0n) is 11.7. The van der Waals surface area contributed by atoms with Crippen LogP contribution in [0.3, 0.4) is 0 Å². The van der Waals surface area contributed by atoms with Gasteiger partial charge in [-0.3, -0.25) is 14.9 Å². The first-order chi connectivity index (χ1) is 9.97. The smallest absolute Gasteiger partial charge is 0.269 e. The highest BCUT2D eigenvalue weighted by atomic mass is 32.1. The van der Waals surface area contributed by atoms with E-state index in [4.69, 9.17) is 0 Å². The molecule has 7 heteroatoms. The fraction of sp³-hybridized carbons (Fsp3) is 0.214. The van der Waals surface area contributed by atoms with Gasteiger partial charge in [-0.25, -0.2) is 0 Å². The SMILES string of the molecule is CC(=O)Nc1ccsc1CNc1ccc([N+](=O)[O-])cc1C. The molecule has 0 aliphatic heterocycles. The van der Waals surface area contributed by atoms with Crippen LogP contribution in [0.15, 0.2) is 29.6 Å². The number of benzene rings is 1. The Labute approximate surface area is 126 Å². The van der Waals surface area contributed by atoms with Gasteiger partial charge in [0.1, 0.15) is 0 Å². The molecule has 110 valence electrons. The Bertz CT molecular complexity index is 682. The molecule has 0 unspecified atom stereocenters. The minimum atomic E-state index is -0.412. The number of hydrogen-bond donors (Lipinski definition) is 2. The molecule has 0 spiro atoms. The van der Waals surface area contributed by atoms with E-state index < -0.39 is 4.92 Å². The van der Waals surface area contributed by atoms with Crippen molar-refractivity contribution in [1.29, 1.82) is 0 Å². The van der Waals surface area contributed by atoms with E-state index in [1.807, 2.05) is 18.4 Å². The summed E-state index contributed by atoms with van der Waals surface area (Å²) in [6.07, 6.45) is 0. The first kappa shape index (κ1) is 15.0. The van der Waals surface area contributed by atoms with E-state index in [1.165, 1.54) is 30.4 Å². The van der Waals surface area contributed by atoms with Crippen molar-refractivity contribution in [3.05, 3.63) is 50.2 Å². The topological polar surface area (TPSA) is 84.3 Å². The Balaban J connectivity index is 2.08. The molecule has 1 amide bonds. The quantitative estimate of drug-likeness (QED) is 0.653. The van der Waals surface area contributed by atoms with Crippen molar-refractivity contribution in [2.75, 3.05) is 10.6 Å². The van der Waals surface area contributed by atoms with Crippen molar-refractivity contribution in [3.8, 4) is 0 Å². The van der Waals surface area contributed by atoms with Crippen LogP contribution in [-0.4, -0.2) is 10.8 Å². The largest absolute Gasteiger partial charge is 0.380 e. The van der Waals surface area contributed by atoms with E-state index >= 15 is 0 Å². The van der Waals surface area contributed by atoms with Crippen LogP contribution in [0.4, 0.5) is 17.1 Å². The van der Waals surface area contributed by atoms with Gasteiger partial charge in [0, 0.05) is 29.6 Å². The standard InChI is InChI=1S/C14H15N3O3S/c1-9-7-11(17(19)20)3-4-12(9)15-8-14-13(5-6-21-14)16-10(2)18/h3-7,15H,8H2,1-2H3,(H,16,18). The van der Waals surface area contributed by atoms with Gasteiger partial charge in [0.2, 0.25) is 5.91 Å². The number of nitrogens with zero attached hydrogens (tertiary/aromatic N) is 1. The summed E-state index contributed by atoms with van der Waals surface area (Å²) < 4.78 is 0. The predicted octanol–water partition coefficient (Wildman–Crippen LogP) is 3.54. The first-order valence-corrected chi connectivity index (χ1v) is 7.18. The van der Waals surface area contributed by atoms with Crippen molar-refractivity contribution in [2.45, 2.75) is 20.4 Å². The Morgan fingerprint density at radius 2 is 2.10 bits per heavy atom. The number of non-ortho nitro benzene ring substituents is 1. The molecule has 6 nitrogen and oxygen atoms in total. The molecule has 2 N–H and O–H groups in total. The second kappa shape index (κ2) is 6.36. The third-order valence-electron chi connectivity index (χ3n) is 2.92. The molecular weight excluding hydrogens is 290 g/mol. The lowest BCUT2D eigenvalue weighted by molar-refractivity contribution is -0.384. The van der Waals surface area contributed by atoms with Gasteiger partial charge in [-0.1, -0.05) is 0 Å². The Hall–Kier alpha value is -2.41. The monoisotopic (exact) mass is 305 g/mol. The van der Waals surface area contributed by atoms with E-state index in [1.54, 1.807) is 6.07 Å². The van der Waals surface area contributed by atoms with Crippen LogP contribution in [0.1, 0.15) is 17.4 Å². The number of hydrogen-bond acceptors (Lipinski definition) is 5. The number of nitro benzene ring substituents is 1. The molecule has 1 aromatic heterocycles. The summed E-state index contributed by atoms with van der Waals surface area (Å²) in [5.74, 6) is -0.110. The fourth-order valence-electron chi connectivity index (χ4n) is 1.91. The van der Waals surface area contributed by atoms with E-state index in [2.05, 4.69) is 10.6 Å². The molecule has 21 heavy (non-hydrogen) atoms. The van der Waals surface area contributed by atoms with Crippen molar-refractivity contribution in [2.24, 2.45) is 0 Å². The van der Waals surface area contributed by atoms with Crippen LogP contribution in [0.5, 0.6) is 0 Å². The van der Waals surface area contributed by atoms with Gasteiger partial charge in [0.25, 0.3) is 5.69 Å². The molecule has 0 radical (unpaired) electrons. The highest BCUT2D eigenvalue weighted by molar-refractivity contribution is 7.10. The van der Waals surface area contributed by atoms with Gasteiger partial charge in [-0.2, -0.15) is 0 Å². The van der Waals surface area contributed by atoms with Crippen LogP contribution in [0.2, 0.25) is 0 Å². The van der Waals surface area contributed by atoms with Gasteiger partial charge in [0.05, 0.1) is 17.2 Å². The second-order valence-electron chi connectivity index (χ2n) is 4.55. The molecule has 1 aromatic carbocycles. The minimum absolute atomic E-state index is 0.0770. The molecule has 2 rings (SSSR count). The van der Waals surface area contributed by atoms with Gasteiger partial charge < -0.3 is 10.6 Å². The molecule has 0 saturated carbocycles. The molecule has 0 atom stereocenters. The number of carbonyl (C=O) groups is 1. The Kier molecular flexibility index (Phi) is 4.54. The maximum atomic E-state index is 11.1. The molecule has 1 heterocycles. The van der Waals surface area contributed by atoms with Crippen LogP contribution in [0.25, 0.3) is 0 Å². The van der Waals surface area contributed by atoms with Crippen LogP contribution in [-0.2, 0) is 11.3 Å². The Morgan fingerprint density at radius 3 is 2.71 bits per heavy atom. The third kappa shape index (κ3) is 3.79. The zero-order chi connectivity index (χ0) is 15.4. The molecule has 0 bridgehead atoms. The summed E-state index contributed by atoms with van der Waals surface area (Å²) in [5, 5.41) is 18.6. The fourth-order valence-corrected chi connectivity index (χ4v) is 2.68. The number of carbonyl (C=O) groups excluding carboxylic acids is 1. The zero-order valence-corrected chi connectivity index (χ0v) is 12.5. The lowest BCUT2D eigenvalue weighted by Gasteiger charge is -2.10. The number of nitrogens with one attached hydrogen (secondary N) is 2. The third-order valence-corrected chi connectivity index (χ3v) is 3.84. The van der Waals surface area contributed by atoms with Gasteiger partial charge >= 0.3 is 0 Å². The van der Waals surface area contributed by atoms with E-state index in [0.717, 1.165) is 21.8 Å². The van der Waals surface area contributed by atoms with Gasteiger partial charge in [-0.05, 0) is 30.0 Å². The van der Waals surface area contributed by atoms with Crippen molar-refractivity contribution in [1.82, 2.24) is 0 Å². The predicted molar refractivity (Wildman–Crippen MR) is 83.8 cm³/mol. The summed E-state index contributed by atoms with van der Waals surface area (Å²) in [6, 6.07) is 6.55.